The maximum Gasteiger partial charge on any atom is 0.234 e. The molecule has 0 aliphatic carbocycles. The number of amides is 1. The van der Waals surface area contributed by atoms with Crippen LogP contribution in [-0.4, -0.2) is 31.4 Å². The maximum absolute atomic E-state index is 12.3. The highest BCUT2D eigenvalue weighted by Gasteiger charge is 2.14. The number of nitrogens with one attached hydrogen (secondary N) is 1. The normalized spacial score (nSPS) is 11.0. The van der Waals surface area contributed by atoms with Gasteiger partial charge in [0.25, 0.3) is 0 Å². The number of aromatic nitrogens is 4. The average molecular weight is 404 g/mol. The van der Waals surface area contributed by atoms with E-state index < -0.39 is 0 Å². The number of anilines is 1. The Kier molecular flexibility index (Phi) is 5.31. The van der Waals surface area contributed by atoms with Crippen molar-refractivity contribution in [3.8, 4) is 5.69 Å². The number of carbonyl (C=O) groups is 1. The zero-order chi connectivity index (χ0) is 20.4. The van der Waals surface area contributed by atoms with E-state index in [9.17, 15) is 4.79 Å². The molecule has 0 atom stereocenters. The SMILES string of the molecule is Cc1cccc(NC(=O)CSc2ncnc3c2cnn3-c2ccc(C)cc2C)c1. The summed E-state index contributed by atoms with van der Waals surface area (Å²) in [7, 11) is 0. The van der Waals surface area contributed by atoms with Crippen molar-refractivity contribution in [2.75, 3.05) is 11.1 Å². The van der Waals surface area contributed by atoms with Crippen molar-refractivity contribution in [1.29, 1.82) is 0 Å². The molecular formula is C22H21N5OS. The summed E-state index contributed by atoms with van der Waals surface area (Å²) >= 11 is 1.38. The molecule has 0 saturated heterocycles. The number of benzene rings is 2. The number of hydrogen-bond acceptors (Lipinski definition) is 5. The Morgan fingerprint density at radius 2 is 1.90 bits per heavy atom. The van der Waals surface area contributed by atoms with E-state index in [-0.39, 0.29) is 11.7 Å². The summed E-state index contributed by atoms with van der Waals surface area (Å²) in [5.74, 6) is 0.184. The monoisotopic (exact) mass is 403 g/mol. The number of rotatable bonds is 5. The lowest BCUT2D eigenvalue weighted by Gasteiger charge is -2.08. The highest BCUT2D eigenvalue weighted by atomic mass is 32.2. The molecule has 0 spiro atoms. The van der Waals surface area contributed by atoms with Crippen LogP contribution in [0.3, 0.4) is 0 Å². The molecule has 2 heterocycles. The van der Waals surface area contributed by atoms with Gasteiger partial charge < -0.3 is 5.32 Å². The summed E-state index contributed by atoms with van der Waals surface area (Å²) in [5, 5.41) is 9.02. The van der Waals surface area contributed by atoms with Gasteiger partial charge in [0.15, 0.2) is 5.65 Å². The van der Waals surface area contributed by atoms with Crippen molar-refractivity contribution in [3.05, 3.63) is 71.7 Å². The van der Waals surface area contributed by atoms with Gasteiger partial charge in [-0.1, -0.05) is 41.6 Å². The molecule has 6 nitrogen and oxygen atoms in total. The summed E-state index contributed by atoms with van der Waals surface area (Å²) in [4.78, 5) is 21.1. The molecule has 2 aromatic heterocycles. The highest BCUT2D eigenvalue weighted by molar-refractivity contribution is 8.00. The fourth-order valence-electron chi connectivity index (χ4n) is 3.21. The second kappa shape index (κ2) is 8.05. The van der Waals surface area contributed by atoms with Crippen LogP contribution in [0.1, 0.15) is 16.7 Å². The van der Waals surface area contributed by atoms with Crippen LogP contribution in [0.5, 0.6) is 0 Å². The lowest BCUT2D eigenvalue weighted by Crippen LogP contribution is -2.14. The lowest BCUT2D eigenvalue weighted by molar-refractivity contribution is -0.113. The first-order chi connectivity index (χ1) is 14.0. The van der Waals surface area contributed by atoms with Crippen LogP contribution in [0.4, 0.5) is 5.69 Å². The van der Waals surface area contributed by atoms with E-state index in [0.717, 1.165) is 38.6 Å². The van der Waals surface area contributed by atoms with Crippen LogP contribution in [0, 0.1) is 20.8 Å². The molecule has 0 radical (unpaired) electrons. The zero-order valence-electron chi connectivity index (χ0n) is 16.5. The van der Waals surface area contributed by atoms with Crippen LogP contribution >= 0.6 is 11.8 Å². The molecule has 0 unspecified atom stereocenters. The first kappa shape index (κ1) is 19.1. The number of fused-ring (bicyclic) bond motifs is 1. The van der Waals surface area contributed by atoms with Gasteiger partial charge in [-0.3, -0.25) is 4.79 Å². The molecule has 1 N–H and O–H groups in total. The van der Waals surface area contributed by atoms with Gasteiger partial charge in [0.2, 0.25) is 5.91 Å². The van der Waals surface area contributed by atoms with Gasteiger partial charge in [-0.2, -0.15) is 5.10 Å². The second-order valence-corrected chi connectivity index (χ2v) is 7.93. The predicted molar refractivity (Wildman–Crippen MR) is 117 cm³/mol. The summed E-state index contributed by atoms with van der Waals surface area (Å²) in [6, 6.07) is 14.0. The van der Waals surface area contributed by atoms with Gasteiger partial charge in [-0.05, 0) is 50.1 Å². The van der Waals surface area contributed by atoms with E-state index in [1.807, 2.05) is 41.9 Å². The third-order valence-corrected chi connectivity index (χ3v) is 5.56. The minimum atomic E-state index is -0.0749. The average Bonchev–Trinajstić information content (AvgIpc) is 3.11. The molecule has 0 saturated carbocycles. The molecule has 4 rings (SSSR count). The van der Waals surface area contributed by atoms with Crippen LogP contribution in [-0.2, 0) is 4.79 Å². The first-order valence-electron chi connectivity index (χ1n) is 9.27. The second-order valence-electron chi connectivity index (χ2n) is 6.97. The highest BCUT2D eigenvalue weighted by Crippen LogP contribution is 2.27. The smallest absolute Gasteiger partial charge is 0.234 e. The minimum absolute atomic E-state index is 0.0749. The van der Waals surface area contributed by atoms with Crippen molar-refractivity contribution in [1.82, 2.24) is 19.7 Å². The topological polar surface area (TPSA) is 72.7 Å². The minimum Gasteiger partial charge on any atom is -0.325 e. The molecule has 29 heavy (non-hydrogen) atoms. The Bertz CT molecular complexity index is 1200. The van der Waals surface area contributed by atoms with Crippen LogP contribution in [0.2, 0.25) is 0 Å². The van der Waals surface area contributed by atoms with Gasteiger partial charge in [-0.15, -0.1) is 0 Å². The molecule has 0 fully saturated rings. The quantitative estimate of drug-likeness (QED) is 0.393. The van der Waals surface area contributed by atoms with Gasteiger partial charge in [0.1, 0.15) is 11.4 Å². The Hall–Kier alpha value is -3.19. The molecular weight excluding hydrogens is 382 g/mol. The van der Waals surface area contributed by atoms with Gasteiger partial charge in [0.05, 0.1) is 23.0 Å². The molecule has 0 aliphatic heterocycles. The molecule has 1 amide bonds. The van der Waals surface area contributed by atoms with E-state index in [1.54, 1.807) is 6.20 Å². The summed E-state index contributed by atoms with van der Waals surface area (Å²) in [5.41, 5.74) is 5.94. The van der Waals surface area contributed by atoms with Crippen LogP contribution in [0.15, 0.2) is 60.0 Å². The summed E-state index contributed by atoms with van der Waals surface area (Å²) in [6.07, 6.45) is 3.28. The summed E-state index contributed by atoms with van der Waals surface area (Å²) in [6.45, 7) is 6.12. The van der Waals surface area contributed by atoms with Gasteiger partial charge in [-0.25, -0.2) is 14.6 Å². The van der Waals surface area contributed by atoms with Crippen LogP contribution in [0.25, 0.3) is 16.7 Å². The molecule has 146 valence electrons. The lowest BCUT2D eigenvalue weighted by atomic mass is 10.1. The third kappa shape index (κ3) is 4.14. The Morgan fingerprint density at radius 1 is 1.07 bits per heavy atom. The standard InChI is InChI=1S/C22H21N5OS/c1-14-5-4-6-17(10-14)26-20(28)12-29-22-18-11-25-27(21(18)23-13-24-22)19-8-7-15(2)9-16(19)3/h4-11,13H,12H2,1-3H3,(H,26,28). The van der Waals surface area contributed by atoms with E-state index in [4.69, 9.17) is 0 Å². The molecule has 0 aliphatic rings. The van der Waals surface area contributed by atoms with Gasteiger partial charge in [0, 0.05) is 5.69 Å². The van der Waals surface area contributed by atoms with Crippen molar-refractivity contribution < 1.29 is 4.79 Å². The van der Waals surface area contributed by atoms with Gasteiger partial charge >= 0.3 is 0 Å². The largest absolute Gasteiger partial charge is 0.325 e. The van der Waals surface area contributed by atoms with E-state index in [2.05, 4.69) is 46.4 Å². The zero-order valence-corrected chi connectivity index (χ0v) is 17.3. The number of thioether (sulfide) groups is 1. The molecule has 4 aromatic rings. The molecule has 7 heteroatoms. The molecule has 2 aromatic carbocycles. The Morgan fingerprint density at radius 3 is 2.69 bits per heavy atom. The fourth-order valence-corrected chi connectivity index (χ4v) is 3.97. The summed E-state index contributed by atoms with van der Waals surface area (Å²) < 4.78 is 1.82. The molecule has 0 bridgehead atoms. The Balaban J connectivity index is 1.54. The van der Waals surface area contributed by atoms with Crippen molar-refractivity contribution in [2.24, 2.45) is 0 Å². The van der Waals surface area contributed by atoms with E-state index in [0.29, 0.717) is 0 Å². The number of aryl methyl sites for hydroxylation is 3. The number of carbonyl (C=O) groups excluding carboxylic acids is 1. The Labute approximate surface area is 173 Å². The maximum atomic E-state index is 12.3. The van der Waals surface area contributed by atoms with Crippen molar-refractivity contribution >= 4 is 34.4 Å². The van der Waals surface area contributed by atoms with Crippen LogP contribution < -0.4 is 5.32 Å². The van der Waals surface area contributed by atoms with Crippen molar-refractivity contribution in [3.63, 3.8) is 0 Å². The predicted octanol–water partition coefficient (Wildman–Crippen LogP) is 4.47. The number of hydrogen-bond donors (Lipinski definition) is 1. The number of nitrogens with zero attached hydrogens (tertiary/aromatic N) is 4. The van der Waals surface area contributed by atoms with Crippen molar-refractivity contribution in [2.45, 2.75) is 25.8 Å². The van der Waals surface area contributed by atoms with E-state index in [1.165, 1.54) is 23.7 Å². The third-order valence-electron chi connectivity index (χ3n) is 4.55. The fraction of sp³-hybridized carbons (Fsp3) is 0.182. The van der Waals surface area contributed by atoms with E-state index >= 15 is 0 Å². The first-order valence-corrected chi connectivity index (χ1v) is 10.3.